The van der Waals surface area contributed by atoms with Crippen molar-refractivity contribution in [3.8, 4) is 11.5 Å². The van der Waals surface area contributed by atoms with Gasteiger partial charge in [0.15, 0.2) is 0 Å². The summed E-state index contributed by atoms with van der Waals surface area (Å²) in [7, 11) is 3.26. The monoisotopic (exact) mass is 417 g/mol. The number of hydrogen-bond donors (Lipinski definition) is 1. The lowest BCUT2D eigenvalue weighted by Crippen LogP contribution is -2.55. The van der Waals surface area contributed by atoms with Crippen LogP contribution in [0.1, 0.15) is 36.1 Å². The Kier molecular flexibility index (Phi) is 6.23. The quantitative estimate of drug-likeness (QED) is 0.529. The normalized spacial score (nSPS) is 18.9. The Hall–Kier alpha value is -3.31. The van der Waals surface area contributed by atoms with Crippen LogP contribution in [0.25, 0.3) is 0 Å². The zero-order valence-corrected chi connectivity index (χ0v) is 17.8. The molecule has 5 heteroatoms. The highest BCUT2D eigenvalue weighted by atomic mass is 16.5. The Morgan fingerprint density at radius 3 is 2.03 bits per heavy atom. The van der Waals surface area contributed by atoms with Crippen molar-refractivity contribution in [3.05, 3.63) is 90.0 Å². The summed E-state index contributed by atoms with van der Waals surface area (Å²) in [4.78, 5) is 15.0. The summed E-state index contributed by atoms with van der Waals surface area (Å²) in [6.07, 6.45) is 0.558. The Labute approximate surface area is 182 Å². The number of amides is 1. The maximum absolute atomic E-state index is 13.2. The van der Waals surface area contributed by atoms with Crippen molar-refractivity contribution in [1.82, 2.24) is 0 Å². The number of aliphatic hydroxyl groups excluding tert-OH is 1. The molecule has 1 N–H and O–H groups in total. The molecule has 4 rings (SSSR count). The fourth-order valence-corrected chi connectivity index (χ4v) is 4.22. The number of rotatable bonds is 8. The maximum atomic E-state index is 13.2. The molecule has 0 spiro atoms. The number of anilines is 1. The van der Waals surface area contributed by atoms with Crippen molar-refractivity contribution in [2.75, 3.05) is 19.1 Å². The van der Waals surface area contributed by atoms with E-state index in [0.717, 1.165) is 28.3 Å². The molecule has 3 atom stereocenters. The van der Waals surface area contributed by atoms with E-state index in [4.69, 9.17) is 9.47 Å². The summed E-state index contributed by atoms with van der Waals surface area (Å²) in [5, 5.41) is 10.6. The second-order valence-electron chi connectivity index (χ2n) is 7.73. The van der Waals surface area contributed by atoms with Crippen LogP contribution >= 0.6 is 0 Å². The molecule has 3 aromatic carbocycles. The van der Waals surface area contributed by atoms with Crippen molar-refractivity contribution in [2.24, 2.45) is 5.92 Å². The van der Waals surface area contributed by atoms with E-state index >= 15 is 0 Å². The fraction of sp³-hybridized carbons (Fsp3) is 0.269. The zero-order chi connectivity index (χ0) is 21.8. The zero-order valence-electron chi connectivity index (χ0n) is 17.8. The topological polar surface area (TPSA) is 59.0 Å². The lowest BCUT2D eigenvalue weighted by molar-refractivity contribution is -0.131. The summed E-state index contributed by atoms with van der Waals surface area (Å²) in [6, 6.07) is 24.9. The first-order chi connectivity index (χ1) is 15.1. The van der Waals surface area contributed by atoms with Gasteiger partial charge in [-0.2, -0.15) is 0 Å². The van der Waals surface area contributed by atoms with E-state index in [9.17, 15) is 9.90 Å². The minimum atomic E-state index is -0.583. The molecule has 1 amide bonds. The van der Waals surface area contributed by atoms with E-state index < -0.39 is 6.10 Å². The van der Waals surface area contributed by atoms with Crippen LogP contribution in [-0.2, 0) is 4.79 Å². The van der Waals surface area contributed by atoms with Gasteiger partial charge in [-0.25, -0.2) is 0 Å². The molecule has 1 aliphatic heterocycles. The van der Waals surface area contributed by atoms with Gasteiger partial charge >= 0.3 is 0 Å². The first-order valence-electron chi connectivity index (χ1n) is 10.5. The van der Waals surface area contributed by atoms with Gasteiger partial charge in [-0.05, 0) is 60.4 Å². The number of β-lactam (4-membered cyclic amide) rings is 1. The highest BCUT2D eigenvalue weighted by molar-refractivity contribution is 6.03. The Bertz CT molecular complexity index is 1000. The smallest absolute Gasteiger partial charge is 0.233 e. The molecule has 1 aliphatic rings. The van der Waals surface area contributed by atoms with Crippen molar-refractivity contribution in [1.29, 1.82) is 0 Å². The van der Waals surface area contributed by atoms with E-state index in [-0.39, 0.29) is 17.9 Å². The first kappa shape index (κ1) is 20.9. The lowest BCUT2D eigenvalue weighted by atomic mass is 9.78. The molecule has 3 aromatic rings. The van der Waals surface area contributed by atoms with Gasteiger partial charge in [0, 0.05) is 5.69 Å². The highest BCUT2D eigenvalue weighted by Gasteiger charge is 2.48. The largest absolute Gasteiger partial charge is 0.497 e. The van der Waals surface area contributed by atoms with Gasteiger partial charge in [0.05, 0.1) is 32.3 Å². The van der Waals surface area contributed by atoms with E-state index in [1.165, 1.54) is 0 Å². The number of benzene rings is 3. The number of hydrogen-bond acceptors (Lipinski definition) is 4. The van der Waals surface area contributed by atoms with E-state index in [1.54, 1.807) is 14.2 Å². The summed E-state index contributed by atoms with van der Waals surface area (Å²) in [6.45, 7) is 0. The van der Waals surface area contributed by atoms with Gasteiger partial charge < -0.3 is 19.5 Å². The number of ether oxygens (including phenoxy) is 2. The van der Waals surface area contributed by atoms with E-state index in [2.05, 4.69) is 0 Å². The second-order valence-corrected chi connectivity index (χ2v) is 7.73. The van der Waals surface area contributed by atoms with Crippen LogP contribution in [0.5, 0.6) is 11.5 Å². The first-order valence-corrected chi connectivity index (χ1v) is 10.5. The third-order valence-electron chi connectivity index (χ3n) is 5.96. The molecule has 0 radical (unpaired) electrons. The number of aliphatic hydroxyl groups is 1. The van der Waals surface area contributed by atoms with E-state index in [1.807, 2.05) is 83.8 Å². The second kappa shape index (κ2) is 9.23. The molecule has 31 heavy (non-hydrogen) atoms. The third kappa shape index (κ3) is 4.28. The van der Waals surface area contributed by atoms with Crippen LogP contribution in [0.15, 0.2) is 78.9 Å². The Balaban J connectivity index is 1.56. The molecule has 1 saturated heterocycles. The number of nitrogens with zero attached hydrogens (tertiary/aromatic N) is 1. The molecule has 1 unspecified atom stereocenters. The molecular formula is C26H27NO4. The third-order valence-corrected chi connectivity index (χ3v) is 5.96. The summed E-state index contributed by atoms with van der Waals surface area (Å²) in [5.74, 6) is 1.42. The van der Waals surface area contributed by atoms with Crippen molar-refractivity contribution < 1.29 is 19.4 Å². The van der Waals surface area contributed by atoms with Crippen molar-refractivity contribution in [2.45, 2.75) is 25.0 Å². The minimum Gasteiger partial charge on any atom is -0.497 e. The van der Waals surface area contributed by atoms with Crippen molar-refractivity contribution >= 4 is 11.6 Å². The van der Waals surface area contributed by atoms with Gasteiger partial charge in [-0.1, -0.05) is 42.5 Å². The molecule has 0 saturated carbocycles. The van der Waals surface area contributed by atoms with Crippen LogP contribution in [0.2, 0.25) is 0 Å². The average molecular weight is 418 g/mol. The van der Waals surface area contributed by atoms with Crippen LogP contribution in [-0.4, -0.2) is 25.2 Å². The van der Waals surface area contributed by atoms with Crippen LogP contribution < -0.4 is 14.4 Å². The van der Waals surface area contributed by atoms with E-state index in [0.29, 0.717) is 12.8 Å². The Morgan fingerprint density at radius 1 is 0.871 bits per heavy atom. The minimum absolute atomic E-state index is 0.0752. The molecule has 1 heterocycles. The van der Waals surface area contributed by atoms with Gasteiger partial charge in [0.2, 0.25) is 5.91 Å². The molecule has 0 aliphatic carbocycles. The van der Waals surface area contributed by atoms with Gasteiger partial charge in [-0.15, -0.1) is 0 Å². The van der Waals surface area contributed by atoms with Gasteiger partial charge in [-0.3, -0.25) is 4.79 Å². The molecular weight excluding hydrogens is 390 g/mol. The number of carbonyl (C=O) groups excluding carboxylic acids is 1. The number of methoxy groups -OCH3 is 2. The Morgan fingerprint density at radius 2 is 1.45 bits per heavy atom. The number of carbonyl (C=O) groups is 1. The summed E-state index contributed by atoms with van der Waals surface area (Å²) < 4.78 is 10.5. The molecule has 1 fully saturated rings. The van der Waals surface area contributed by atoms with Crippen LogP contribution in [0, 0.1) is 5.92 Å². The predicted octanol–water partition coefficient (Wildman–Crippen LogP) is 4.92. The SMILES string of the molecule is COc1ccc([C@@H]2C(CC[C@H](O)c3ccccc3)C(=O)N2c2ccc(OC)cc2)cc1. The fourth-order valence-electron chi connectivity index (χ4n) is 4.22. The maximum Gasteiger partial charge on any atom is 0.233 e. The predicted molar refractivity (Wildman–Crippen MR) is 120 cm³/mol. The van der Waals surface area contributed by atoms with Crippen molar-refractivity contribution in [3.63, 3.8) is 0 Å². The summed E-state index contributed by atoms with van der Waals surface area (Å²) in [5.41, 5.74) is 2.77. The lowest BCUT2D eigenvalue weighted by Gasteiger charge is -2.48. The van der Waals surface area contributed by atoms with Crippen LogP contribution in [0.3, 0.4) is 0 Å². The molecule has 0 bridgehead atoms. The molecule has 160 valence electrons. The summed E-state index contributed by atoms with van der Waals surface area (Å²) >= 11 is 0. The molecule has 5 nitrogen and oxygen atoms in total. The molecule has 0 aromatic heterocycles. The van der Waals surface area contributed by atoms with Crippen LogP contribution in [0.4, 0.5) is 5.69 Å². The highest BCUT2D eigenvalue weighted by Crippen LogP contribution is 2.46. The van der Waals surface area contributed by atoms with Gasteiger partial charge in [0.1, 0.15) is 11.5 Å². The van der Waals surface area contributed by atoms with Gasteiger partial charge in [0.25, 0.3) is 0 Å². The standard InChI is InChI=1S/C26H27NO4/c1-30-21-12-8-19(9-13-21)25-23(16-17-24(28)18-6-4-3-5-7-18)26(29)27(25)20-10-14-22(31-2)15-11-20/h3-15,23-25,28H,16-17H2,1-2H3/t23?,24-,25+/m0/s1. The average Bonchev–Trinajstić information content (AvgIpc) is 2.83.